The lowest BCUT2D eigenvalue weighted by Gasteiger charge is -2.15. The van der Waals surface area contributed by atoms with Gasteiger partial charge >= 0.3 is 5.69 Å². The minimum Gasteiger partial charge on any atom is -0.394 e. The van der Waals surface area contributed by atoms with Crippen LogP contribution in [-0.4, -0.2) is 48.6 Å². The zero-order valence-corrected chi connectivity index (χ0v) is 9.18. The fraction of sp³-hybridized carbons (Fsp3) is 0.556. The normalized spacial score (nSPS) is 28.0. The molecule has 1 aliphatic rings. The highest BCUT2D eigenvalue weighted by atomic mass is 19.1. The number of aromatic nitrogens is 5. The molecule has 0 aromatic carbocycles. The summed E-state index contributed by atoms with van der Waals surface area (Å²) in [5.74, 6) is 0. The zero-order valence-electron chi connectivity index (χ0n) is 9.18. The molecule has 1 aliphatic heterocycles. The van der Waals surface area contributed by atoms with E-state index < -0.39 is 24.2 Å². The number of ether oxygens (including phenoxy) is 1. The van der Waals surface area contributed by atoms with Gasteiger partial charge in [0.15, 0.2) is 11.9 Å². The highest BCUT2D eigenvalue weighted by molar-refractivity contribution is 5.31. The Hall–Kier alpha value is -1.87. The number of halogens is 1. The summed E-state index contributed by atoms with van der Waals surface area (Å²) < 4.78 is 21.1. The number of aliphatic hydroxyl groups excluding tert-OH is 1. The van der Waals surface area contributed by atoms with Gasteiger partial charge < -0.3 is 9.84 Å². The van der Waals surface area contributed by atoms with Crippen molar-refractivity contribution in [3.05, 3.63) is 22.7 Å². The van der Waals surface area contributed by atoms with Crippen LogP contribution in [0.1, 0.15) is 12.6 Å². The molecule has 0 unspecified atom stereocenters. The van der Waals surface area contributed by atoms with Gasteiger partial charge in [0.2, 0.25) is 0 Å². The summed E-state index contributed by atoms with van der Waals surface area (Å²) in [6.07, 6.45) is -1.56. The molecular weight excluding hydrogens is 245 g/mol. The van der Waals surface area contributed by atoms with E-state index in [-0.39, 0.29) is 18.7 Å². The van der Waals surface area contributed by atoms with Gasteiger partial charge in [-0.15, -0.1) is 9.61 Å². The first-order chi connectivity index (χ1) is 8.70. The molecule has 0 saturated carbocycles. The van der Waals surface area contributed by atoms with E-state index in [9.17, 15) is 9.18 Å². The maximum atomic E-state index is 13.8. The van der Waals surface area contributed by atoms with Gasteiger partial charge in [0, 0.05) is 18.7 Å². The minimum absolute atomic E-state index is 0.0568. The molecule has 0 bridgehead atoms. The van der Waals surface area contributed by atoms with Crippen LogP contribution >= 0.6 is 0 Å². The highest BCUT2D eigenvalue weighted by Gasteiger charge is 2.37. The van der Waals surface area contributed by atoms with Crippen LogP contribution in [0.2, 0.25) is 0 Å². The van der Waals surface area contributed by atoms with Gasteiger partial charge in [-0.25, -0.2) is 9.18 Å². The Kier molecular flexibility index (Phi) is 2.56. The summed E-state index contributed by atoms with van der Waals surface area (Å²) in [6.45, 7) is -0.279. The molecule has 9 heteroatoms. The summed E-state index contributed by atoms with van der Waals surface area (Å²) >= 11 is 0. The summed E-state index contributed by atoms with van der Waals surface area (Å²) in [4.78, 5) is 12.0. The van der Waals surface area contributed by atoms with Gasteiger partial charge in [-0.1, -0.05) is 0 Å². The van der Waals surface area contributed by atoms with E-state index in [2.05, 4.69) is 15.5 Å². The van der Waals surface area contributed by atoms with Crippen molar-refractivity contribution in [3.63, 3.8) is 0 Å². The Morgan fingerprint density at radius 3 is 3.17 bits per heavy atom. The lowest BCUT2D eigenvalue weighted by molar-refractivity contribution is -0.0396. The number of aliphatic hydroxyl groups is 1. The van der Waals surface area contributed by atoms with Gasteiger partial charge in [0.05, 0.1) is 12.7 Å². The first-order valence-corrected chi connectivity index (χ1v) is 5.40. The first kappa shape index (κ1) is 11.2. The van der Waals surface area contributed by atoms with Crippen molar-refractivity contribution in [3.8, 4) is 0 Å². The lowest BCUT2D eigenvalue weighted by Crippen LogP contribution is -2.33. The number of fused-ring (bicyclic) bond motifs is 1. The Bertz CT molecular complexity index is 626. The monoisotopic (exact) mass is 255 g/mol. The topological polar surface area (TPSA) is 94.5 Å². The van der Waals surface area contributed by atoms with Crippen molar-refractivity contribution < 1.29 is 14.2 Å². The average molecular weight is 255 g/mol. The van der Waals surface area contributed by atoms with Crippen molar-refractivity contribution >= 4 is 5.65 Å². The van der Waals surface area contributed by atoms with Crippen molar-refractivity contribution in [2.75, 3.05) is 6.61 Å². The molecule has 3 rings (SSSR count). The Morgan fingerprint density at radius 1 is 1.61 bits per heavy atom. The van der Waals surface area contributed by atoms with Crippen molar-refractivity contribution in [2.24, 2.45) is 0 Å². The number of nitrogens with zero attached hydrogens (tertiary/aromatic N) is 5. The van der Waals surface area contributed by atoms with E-state index in [1.165, 1.54) is 12.3 Å². The summed E-state index contributed by atoms with van der Waals surface area (Å²) in [5, 5.41) is 19.4. The molecule has 0 amide bonds. The highest BCUT2D eigenvalue weighted by Crippen LogP contribution is 2.29. The largest absolute Gasteiger partial charge is 0.394 e. The second-order valence-corrected chi connectivity index (χ2v) is 4.04. The predicted molar refractivity (Wildman–Crippen MR) is 55.6 cm³/mol. The van der Waals surface area contributed by atoms with E-state index in [0.717, 1.165) is 9.08 Å². The van der Waals surface area contributed by atoms with Gasteiger partial charge in [0.1, 0.15) is 6.17 Å². The molecule has 3 atom stereocenters. The van der Waals surface area contributed by atoms with Gasteiger partial charge in [0.25, 0.3) is 0 Å². The number of tetrazole rings is 1. The van der Waals surface area contributed by atoms with Crippen LogP contribution in [0.4, 0.5) is 4.39 Å². The Labute approximate surface area is 99.6 Å². The fourth-order valence-corrected chi connectivity index (χ4v) is 2.01. The van der Waals surface area contributed by atoms with Gasteiger partial charge in [-0.3, -0.25) is 4.57 Å². The molecule has 3 heterocycles. The minimum atomic E-state index is -1.35. The average Bonchev–Trinajstić information content (AvgIpc) is 2.96. The summed E-state index contributed by atoms with van der Waals surface area (Å²) in [6, 6.07) is 1.49. The predicted octanol–water partition coefficient (Wildman–Crippen LogP) is -1.10. The molecule has 1 fully saturated rings. The van der Waals surface area contributed by atoms with Crippen LogP contribution < -0.4 is 5.69 Å². The first-order valence-electron chi connectivity index (χ1n) is 5.40. The second kappa shape index (κ2) is 4.10. The molecule has 2 aromatic heterocycles. The van der Waals surface area contributed by atoms with E-state index >= 15 is 0 Å². The summed E-state index contributed by atoms with van der Waals surface area (Å²) in [5.41, 5.74) is -0.299. The third-order valence-corrected chi connectivity index (χ3v) is 2.89. The number of rotatable bonds is 2. The maximum Gasteiger partial charge on any atom is 0.354 e. The SMILES string of the molecule is O=c1n([C@@H]2O[C@H](CO)C[C@@H]2F)ccc2nnnn12. The summed E-state index contributed by atoms with van der Waals surface area (Å²) in [7, 11) is 0. The van der Waals surface area contributed by atoms with E-state index in [0.29, 0.717) is 0 Å². The third-order valence-electron chi connectivity index (χ3n) is 2.89. The molecule has 18 heavy (non-hydrogen) atoms. The number of alkyl halides is 1. The van der Waals surface area contributed by atoms with Crippen LogP contribution in [0, 0.1) is 0 Å². The molecule has 2 aromatic rings. The van der Waals surface area contributed by atoms with E-state index in [4.69, 9.17) is 9.84 Å². The molecular formula is C9H10FN5O3. The molecule has 1 saturated heterocycles. The van der Waals surface area contributed by atoms with Gasteiger partial charge in [-0.05, 0) is 10.4 Å². The van der Waals surface area contributed by atoms with Crippen LogP contribution in [-0.2, 0) is 4.74 Å². The molecule has 0 spiro atoms. The van der Waals surface area contributed by atoms with E-state index in [1.807, 2.05) is 0 Å². The van der Waals surface area contributed by atoms with Gasteiger partial charge in [-0.2, -0.15) is 0 Å². The van der Waals surface area contributed by atoms with E-state index in [1.54, 1.807) is 0 Å². The van der Waals surface area contributed by atoms with Crippen molar-refractivity contribution in [1.29, 1.82) is 0 Å². The Balaban J connectivity index is 2.04. The molecule has 0 aliphatic carbocycles. The molecule has 1 N–H and O–H groups in total. The Morgan fingerprint density at radius 2 is 2.44 bits per heavy atom. The number of hydrogen-bond donors (Lipinski definition) is 1. The van der Waals surface area contributed by atoms with Crippen LogP contribution in [0.3, 0.4) is 0 Å². The molecule has 0 radical (unpaired) electrons. The van der Waals surface area contributed by atoms with Crippen LogP contribution in [0.5, 0.6) is 0 Å². The van der Waals surface area contributed by atoms with Crippen LogP contribution in [0.15, 0.2) is 17.1 Å². The molecule has 8 nitrogen and oxygen atoms in total. The quantitative estimate of drug-likeness (QED) is 0.732. The molecule has 96 valence electrons. The standard InChI is InChI=1S/C9H10FN5O3/c10-6-3-5(4-16)18-8(6)14-2-1-7-11-12-13-15(7)9(14)17/h1-2,5-6,8,16H,3-4H2/t5-,6-,8+/m0/s1. The number of hydrogen-bond acceptors (Lipinski definition) is 6. The van der Waals surface area contributed by atoms with Crippen molar-refractivity contribution in [2.45, 2.75) is 24.9 Å². The second-order valence-electron chi connectivity index (χ2n) is 4.04. The zero-order chi connectivity index (χ0) is 12.7. The third kappa shape index (κ3) is 1.59. The smallest absolute Gasteiger partial charge is 0.354 e. The lowest BCUT2D eigenvalue weighted by atomic mass is 10.2. The maximum absolute atomic E-state index is 13.8. The van der Waals surface area contributed by atoms with Crippen molar-refractivity contribution in [1.82, 2.24) is 24.6 Å². The fourth-order valence-electron chi connectivity index (χ4n) is 2.01. The van der Waals surface area contributed by atoms with Crippen LogP contribution in [0.25, 0.3) is 5.65 Å².